The van der Waals surface area contributed by atoms with Gasteiger partial charge in [-0.2, -0.15) is 5.26 Å². The second kappa shape index (κ2) is 12.0. The van der Waals surface area contributed by atoms with Gasteiger partial charge in [0.25, 0.3) is 0 Å². The van der Waals surface area contributed by atoms with E-state index in [-0.39, 0.29) is 0 Å². The molecule has 0 aliphatic carbocycles. The average Bonchev–Trinajstić information content (AvgIpc) is 3.73. The van der Waals surface area contributed by atoms with Crippen LogP contribution >= 0.6 is 0 Å². The highest BCUT2D eigenvalue weighted by atomic mass is 15.0. The Labute approximate surface area is 301 Å². The van der Waals surface area contributed by atoms with Crippen molar-refractivity contribution in [1.29, 1.82) is 5.26 Å². The van der Waals surface area contributed by atoms with Crippen molar-refractivity contribution in [3.8, 4) is 50.8 Å². The highest BCUT2D eigenvalue weighted by Crippen LogP contribution is 2.39. The van der Waals surface area contributed by atoms with Crippen molar-refractivity contribution in [3.63, 3.8) is 0 Å². The number of nitrogens with zero attached hydrogens (tertiary/aromatic N) is 3. The molecule has 0 saturated heterocycles. The number of fused-ring (bicyclic) bond motifs is 6. The van der Waals surface area contributed by atoms with Gasteiger partial charge in [0.15, 0.2) is 0 Å². The number of aromatic nitrogens is 2. The van der Waals surface area contributed by atoms with E-state index in [4.69, 9.17) is 0 Å². The molecule has 0 spiro atoms. The van der Waals surface area contributed by atoms with Crippen LogP contribution in [0.1, 0.15) is 5.56 Å². The van der Waals surface area contributed by atoms with Crippen molar-refractivity contribution in [2.75, 3.05) is 0 Å². The molecule has 0 atom stereocenters. The van der Waals surface area contributed by atoms with Crippen LogP contribution in [0.25, 0.3) is 88.4 Å². The van der Waals surface area contributed by atoms with Gasteiger partial charge in [-0.15, -0.1) is 0 Å². The molecule has 0 N–H and O–H groups in total. The Hall–Kier alpha value is -7.15. The Kier molecular flexibility index (Phi) is 6.87. The van der Waals surface area contributed by atoms with Crippen LogP contribution in [0.4, 0.5) is 0 Å². The quantitative estimate of drug-likeness (QED) is 0.181. The Bertz CT molecular complexity index is 2980. The molecular formula is C49H31N3. The zero-order valence-corrected chi connectivity index (χ0v) is 28.2. The summed E-state index contributed by atoms with van der Waals surface area (Å²) >= 11 is 0. The second-order valence-corrected chi connectivity index (χ2v) is 13.3. The van der Waals surface area contributed by atoms with E-state index in [1.54, 1.807) is 0 Å². The van der Waals surface area contributed by atoms with Crippen LogP contribution in [0.2, 0.25) is 0 Å². The highest BCUT2D eigenvalue weighted by Gasteiger charge is 2.17. The summed E-state index contributed by atoms with van der Waals surface area (Å²) in [5.41, 5.74) is 14.6. The van der Waals surface area contributed by atoms with E-state index in [1.165, 1.54) is 60.3 Å². The maximum Gasteiger partial charge on any atom is 0.0991 e. The summed E-state index contributed by atoms with van der Waals surface area (Å²) in [6, 6.07) is 69.3. The predicted octanol–water partition coefficient (Wildman–Crippen LogP) is 12.8. The average molecular weight is 662 g/mol. The van der Waals surface area contributed by atoms with E-state index in [0.29, 0.717) is 5.56 Å². The molecule has 0 fully saturated rings. The van der Waals surface area contributed by atoms with Crippen LogP contribution in [0.15, 0.2) is 188 Å². The van der Waals surface area contributed by atoms with Gasteiger partial charge >= 0.3 is 0 Å². The van der Waals surface area contributed by atoms with Gasteiger partial charge in [-0.05, 0) is 100 Å². The predicted molar refractivity (Wildman–Crippen MR) is 216 cm³/mol. The lowest BCUT2D eigenvalue weighted by Crippen LogP contribution is -1.95. The molecule has 0 radical (unpaired) electrons. The molecule has 52 heavy (non-hydrogen) atoms. The largest absolute Gasteiger partial charge is 0.309 e. The third kappa shape index (κ3) is 4.81. The first-order chi connectivity index (χ1) is 25.7. The molecule has 2 aromatic heterocycles. The fourth-order valence-electron chi connectivity index (χ4n) is 7.83. The highest BCUT2D eigenvalue weighted by molar-refractivity contribution is 6.13. The zero-order chi connectivity index (χ0) is 34.6. The van der Waals surface area contributed by atoms with Gasteiger partial charge in [0.1, 0.15) is 0 Å². The van der Waals surface area contributed by atoms with E-state index in [1.807, 2.05) is 24.3 Å². The van der Waals surface area contributed by atoms with E-state index >= 15 is 0 Å². The third-order valence-corrected chi connectivity index (χ3v) is 10.4. The summed E-state index contributed by atoms with van der Waals surface area (Å²) in [6.07, 6.45) is 0. The molecule has 0 unspecified atom stereocenters. The fourth-order valence-corrected chi connectivity index (χ4v) is 7.83. The Morgan fingerprint density at radius 3 is 1.42 bits per heavy atom. The molecule has 2 heterocycles. The molecule has 242 valence electrons. The van der Waals surface area contributed by atoms with Crippen LogP contribution in [0, 0.1) is 11.3 Å². The molecule has 0 bridgehead atoms. The van der Waals surface area contributed by atoms with E-state index in [2.05, 4.69) is 179 Å². The molecule has 0 aliphatic heterocycles. The van der Waals surface area contributed by atoms with Crippen LogP contribution in [0.3, 0.4) is 0 Å². The summed E-state index contributed by atoms with van der Waals surface area (Å²) in [5, 5.41) is 14.2. The lowest BCUT2D eigenvalue weighted by molar-refractivity contribution is 1.18. The van der Waals surface area contributed by atoms with Crippen molar-refractivity contribution >= 4 is 43.6 Å². The van der Waals surface area contributed by atoms with Gasteiger partial charge < -0.3 is 9.13 Å². The summed E-state index contributed by atoms with van der Waals surface area (Å²) in [6.45, 7) is 0. The Morgan fingerprint density at radius 1 is 0.308 bits per heavy atom. The normalized spacial score (nSPS) is 11.4. The van der Waals surface area contributed by atoms with Gasteiger partial charge in [0.2, 0.25) is 0 Å². The van der Waals surface area contributed by atoms with Crippen LogP contribution in [-0.2, 0) is 0 Å². The molecule has 0 amide bonds. The molecule has 3 nitrogen and oxygen atoms in total. The third-order valence-electron chi connectivity index (χ3n) is 10.4. The number of benzene rings is 8. The number of nitriles is 1. The minimum atomic E-state index is 0.664. The van der Waals surface area contributed by atoms with Crippen LogP contribution in [0.5, 0.6) is 0 Å². The smallest absolute Gasteiger partial charge is 0.0991 e. The van der Waals surface area contributed by atoms with E-state index < -0.39 is 0 Å². The lowest BCUT2D eigenvalue weighted by atomic mass is 10.0. The first-order valence-corrected chi connectivity index (χ1v) is 17.6. The van der Waals surface area contributed by atoms with Crippen LogP contribution in [-0.4, -0.2) is 9.13 Å². The molecule has 10 aromatic rings. The molecule has 0 aliphatic rings. The molecule has 10 rings (SSSR count). The van der Waals surface area contributed by atoms with Gasteiger partial charge in [0.05, 0.1) is 33.7 Å². The summed E-state index contributed by atoms with van der Waals surface area (Å²) in [5.74, 6) is 0. The summed E-state index contributed by atoms with van der Waals surface area (Å²) < 4.78 is 4.77. The first-order valence-electron chi connectivity index (χ1n) is 17.6. The minimum absolute atomic E-state index is 0.664. The van der Waals surface area contributed by atoms with Gasteiger partial charge in [0, 0.05) is 32.9 Å². The van der Waals surface area contributed by atoms with Crippen molar-refractivity contribution in [2.24, 2.45) is 0 Å². The maximum absolute atomic E-state index is 9.28. The Balaban J connectivity index is 1.16. The lowest BCUT2D eigenvalue weighted by Gasteiger charge is -2.11. The molecule has 8 aromatic carbocycles. The van der Waals surface area contributed by atoms with E-state index in [9.17, 15) is 5.26 Å². The van der Waals surface area contributed by atoms with E-state index in [0.717, 1.165) is 28.0 Å². The number of rotatable bonds is 5. The molecule has 3 heteroatoms. The summed E-state index contributed by atoms with van der Waals surface area (Å²) in [7, 11) is 0. The number of para-hydroxylation sites is 2. The fraction of sp³-hybridized carbons (Fsp3) is 0. The maximum atomic E-state index is 9.28. The summed E-state index contributed by atoms with van der Waals surface area (Å²) in [4.78, 5) is 0. The minimum Gasteiger partial charge on any atom is -0.309 e. The van der Waals surface area contributed by atoms with Gasteiger partial charge in [-0.3, -0.25) is 0 Å². The zero-order valence-electron chi connectivity index (χ0n) is 28.2. The van der Waals surface area contributed by atoms with Crippen LogP contribution < -0.4 is 0 Å². The van der Waals surface area contributed by atoms with Gasteiger partial charge in [-0.1, -0.05) is 121 Å². The molecular weight excluding hydrogens is 631 g/mol. The number of hydrogen-bond donors (Lipinski definition) is 0. The van der Waals surface area contributed by atoms with Crippen molar-refractivity contribution in [1.82, 2.24) is 9.13 Å². The Morgan fingerprint density at radius 2 is 0.750 bits per heavy atom. The SMILES string of the molecule is N#Cc1ccc(-c2ccc(-n3c4cc(-c5ccccc5)ccc4c4ccc(-c5ccc6c(c5)c5ccccc5n6-c5ccccc5)cc43)cc2)cc1. The number of hydrogen-bond acceptors (Lipinski definition) is 1. The van der Waals surface area contributed by atoms with Crippen molar-refractivity contribution < 1.29 is 0 Å². The molecule has 0 saturated carbocycles. The van der Waals surface area contributed by atoms with Crippen molar-refractivity contribution in [2.45, 2.75) is 0 Å². The second-order valence-electron chi connectivity index (χ2n) is 13.3. The first kappa shape index (κ1) is 29.7. The topological polar surface area (TPSA) is 33.6 Å². The monoisotopic (exact) mass is 661 g/mol. The van der Waals surface area contributed by atoms with Gasteiger partial charge in [-0.25, -0.2) is 0 Å². The standard InChI is InChI=1S/C49H31N3/c50-32-33-15-17-35(18-16-33)36-19-24-41(25-20-36)52-48-30-38(34-9-3-1-4-10-34)21-26-43(48)44-27-22-39(31-49(44)52)37-23-28-47-45(29-37)42-13-7-8-14-46(42)51(47)40-11-5-2-6-12-40/h1-31H. The van der Waals surface area contributed by atoms with Crippen molar-refractivity contribution in [3.05, 3.63) is 194 Å².